The predicted molar refractivity (Wildman–Crippen MR) is 108 cm³/mol. The SMILES string of the molecule is Cl.N[C@@H]1CN(Cc2cnn(-c3ccc(Cl)cc3)c2)C[C@H]1c1ccccc1. The molecule has 0 aliphatic carbocycles. The zero-order valence-electron chi connectivity index (χ0n) is 14.3. The van der Waals surface area contributed by atoms with Crippen molar-refractivity contribution in [1.82, 2.24) is 14.7 Å². The van der Waals surface area contributed by atoms with Crippen LogP contribution >= 0.6 is 24.0 Å². The number of nitrogens with zero attached hydrogens (tertiary/aromatic N) is 3. The average molecular weight is 389 g/mol. The van der Waals surface area contributed by atoms with Gasteiger partial charge in [-0.15, -0.1) is 12.4 Å². The number of benzene rings is 2. The molecule has 1 fully saturated rings. The molecule has 1 aliphatic heterocycles. The van der Waals surface area contributed by atoms with E-state index in [0.717, 1.165) is 30.3 Å². The van der Waals surface area contributed by atoms with Crippen molar-refractivity contribution in [3.8, 4) is 5.69 Å². The second kappa shape index (κ2) is 8.23. The number of rotatable bonds is 4. The van der Waals surface area contributed by atoms with Crippen LogP contribution in [0.15, 0.2) is 67.0 Å². The lowest BCUT2D eigenvalue weighted by Crippen LogP contribution is -2.28. The van der Waals surface area contributed by atoms with Gasteiger partial charge in [-0.05, 0) is 29.8 Å². The summed E-state index contributed by atoms with van der Waals surface area (Å²) < 4.78 is 1.89. The van der Waals surface area contributed by atoms with Crippen molar-refractivity contribution >= 4 is 24.0 Å². The highest BCUT2D eigenvalue weighted by atomic mass is 35.5. The average Bonchev–Trinajstić information content (AvgIpc) is 3.23. The molecule has 0 saturated carbocycles. The Hall–Kier alpha value is -1.85. The molecule has 26 heavy (non-hydrogen) atoms. The Labute approximate surface area is 165 Å². The van der Waals surface area contributed by atoms with Gasteiger partial charge in [0, 0.05) is 48.4 Å². The molecule has 3 aromatic rings. The van der Waals surface area contributed by atoms with Crippen molar-refractivity contribution in [3.05, 3.63) is 83.1 Å². The van der Waals surface area contributed by atoms with E-state index in [0.29, 0.717) is 5.92 Å². The summed E-state index contributed by atoms with van der Waals surface area (Å²) in [6.45, 7) is 2.76. The van der Waals surface area contributed by atoms with Crippen molar-refractivity contribution in [2.75, 3.05) is 13.1 Å². The van der Waals surface area contributed by atoms with Crippen LogP contribution in [-0.4, -0.2) is 33.8 Å². The molecule has 0 unspecified atom stereocenters. The minimum Gasteiger partial charge on any atom is -0.326 e. The van der Waals surface area contributed by atoms with Crippen LogP contribution in [0.4, 0.5) is 0 Å². The summed E-state index contributed by atoms with van der Waals surface area (Å²) in [7, 11) is 0. The highest BCUT2D eigenvalue weighted by Crippen LogP contribution is 2.27. The van der Waals surface area contributed by atoms with E-state index in [2.05, 4.69) is 40.5 Å². The summed E-state index contributed by atoms with van der Waals surface area (Å²) in [5.41, 5.74) is 9.92. The van der Waals surface area contributed by atoms with E-state index in [1.807, 2.05) is 41.2 Å². The summed E-state index contributed by atoms with van der Waals surface area (Å²) in [6.07, 6.45) is 4.00. The van der Waals surface area contributed by atoms with Crippen molar-refractivity contribution in [2.45, 2.75) is 18.5 Å². The van der Waals surface area contributed by atoms with Gasteiger partial charge in [-0.1, -0.05) is 41.9 Å². The molecule has 1 aromatic heterocycles. The zero-order chi connectivity index (χ0) is 17.2. The third-order valence-electron chi connectivity index (χ3n) is 4.80. The van der Waals surface area contributed by atoms with Crippen LogP contribution in [-0.2, 0) is 6.54 Å². The van der Waals surface area contributed by atoms with Crippen molar-refractivity contribution < 1.29 is 0 Å². The summed E-state index contributed by atoms with van der Waals surface area (Å²) in [5, 5.41) is 5.20. The van der Waals surface area contributed by atoms with Crippen LogP contribution in [0, 0.1) is 0 Å². The molecule has 0 spiro atoms. The van der Waals surface area contributed by atoms with Gasteiger partial charge in [0.2, 0.25) is 0 Å². The lowest BCUT2D eigenvalue weighted by atomic mass is 9.95. The maximum Gasteiger partial charge on any atom is 0.0646 e. The van der Waals surface area contributed by atoms with Gasteiger partial charge in [0.1, 0.15) is 0 Å². The molecule has 4 rings (SSSR count). The fraction of sp³-hybridized carbons (Fsp3) is 0.250. The molecular formula is C20H22Cl2N4. The Morgan fingerprint density at radius 1 is 1.04 bits per heavy atom. The van der Waals surface area contributed by atoms with Gasteiger partial charge in [0.05, 0.1) is 11.9 Å². The quantitative estimate of drug-likeness (QED) is 0.737. The normalized spacial score (nSPS) is 20.1. The van der Waals surface area contributed by atoms with Crippen LogP contribution in [0.5, 0.6) is 0 Å². The predicted octanol–water partition coefficient (Wildman–Crippen LogP) is 3.87. The molecule has 6 heteroatoms. The fourth-order valence-electron chi connectivity index (χ4n) is 3.53. The van der Waals surface area contributed by atoms with Gasteiger partial charge in [-0.3, -0.25) is 4.90 Å². The van der Waals surface area contributed by atoms with Gasteiger partial charge in [0.15, 0.2) is 0 Å². The lowest BCUT2D eigenvalue weighted by Gasteiger charge is -2.15. The smallest absolute Gasteiger partial charge is 0.0646 e. The monoisotopic (exact) mass is 388 g/mol. The largest absolute Gasteiger partial charge is 0.326 e. The number of hydrogen-bond acceptors (Lipinski definition) is 3. The zero-order valence-corrected chi connectivity index (χ0v) is 15.9. The molecule has 1 aliphatic rings. The van der Waals surface area contributed by atoms with Crippen LogP contribution in [0.2, 0.25) is 5.02 Å². The molecule has 4 nitrogen and oxygen atoms in total. The maximum atomic E-state index is 6.39. The highest BCUT2D eigenvalue weighted by molar-refractivity contribution is 6.30. The second-order valence-electron chi connectivity index (χ2n) is 6.64. The Bertz CT molecular complexity index is 833. The molecular weight excluding hydrogens is 367 g/mol. The van der Waals surface area contributed by atoms with E-state index >= 15 is 0 Å². The standard InChI is InChI=1S/C20H21ClN4.ClH/c21-17-6-8-18(9-7-17)25-12-15(10-23-25)11-24-13-19(20(22)14-24)16-4-2-1-3-5-16;/h1-10,12,19-20H,11,13-14,22H2;1H/t19-,20+;/m0./s1. The van der Waals surface area contributed by atoms with E-state index < -0.39 is 0 Å². The Kier molecular flexibility index (Phi) is 5.99. The summed E-state index contributed by atoms with van der Waals surface area (Å²) in [5.74, 6) is 0.396. The van der Waals surface area contributed by atoms with Crippen LogP contribution in [0.3, 0.4) is 0 Å². The Morgan fingerprint density at radius 3 is 2.50 bits per heavy atom. The Balaban J connectivity index is 0.00000196. The first-order chi connectivity index (χ1) is 12.2. The fourth-order valence-corrected chi connectivity index (χ4v) is 3.66. The topological polar surface area (TPSA) is 47.1 Å². The first-order valence-corrected chi connectivity index (χ1v) is 8.89. The molecule has 2 atom stereocenters. The van der Waals surface area contributed by atoms with Gasteiger partial charge in [0.25, 0.3) is 0 Å². The molecule has 0 bridgehead atoms. The number of likely N-dealkylation sites (tertiary alicyclic amines) is 1. The van der Waals surface area contributed by atoms with Crippen molar-refractivity contribution in [3.63, 3.8) is 0 Å². The highest BCUT2D eigenvalue weighted by Gasteiger charge is 2.31. The molecule has 1 saturated heterocycles. The first-order valence-electron chi connectivity index (χ1n) is 8.51. The first kappa shape index (κ1) is 18.9. The van der Waals surface area contributed by atoms with Crippen LogP contribution in [0.1, 0.15) is 17.0 Å². The Morgan fingerprint density at radius 2 is 1.77 bits per heavy atom. The molecule has 2 N–H and O–H groups in total. The third-order valence-corrected chi connectivity index (χ3v) is 5.05. The van der Waals surface area contributed by atoms with Gasteiger partial charge < -0.3 is 5.73 Å². The minimum atomic E-state index is 0. The molecule has 2 aromatic carbocycles. The van der Waals surface area contributed by atoms with Crippen molar-refractivity contribution in [1.29, 1.82) is 0 Å². The van der Waals surface area contributed by atoms with E-state index in [1.165, 1.54) is 11.1 Å². The summed E-state index contributed by atoms with van der Waals surface area (Å²) in [6, 6.07) is 18.4. The van der Waals surface area contributed by atoms with Gasteiger partial charge >= 0.3 is 0 Å². The molecule has 136 valence electrons. The van der Waals surface area contributed by atoms with Gasteiger partial charge in [-0.2, -0.15) is 5.10 Å². The molecule has 0 amide bonds. The molecule has 2 heterocycles. The number of hydrogen-bond donors (Lipinski definition) is 1. The maximum absolute atomic E-state index is 6.39. The number of nitrogens with two attached hydrogens (primary N) is 1. The lowest BCUT2D eigenvalue weighted by molar-refractivity contribution is 0.324. The van der Waals surface area contributed by atoms with E-state index in [4.69, 9.17) is 17.3 Å². The van der Waals surface area contributed by atoms with E-state index in [9.17, 15) is 0 Å². The minimum absolute atomic E-state index is 0. The van der Waals surface area contributed by atoms with E-state index in [1.54, 1.807) is 0 Å². The van der Waals surface area contributed by atoms with Crippen LogP contribution < -0.4 is 5.73 Å². The summed E-state index contributed by atoms with van der Waals surface area (Å²) in [4.78, 5) is 2.41. The third kappa shape index (κ3) is 4.10. The number of halogens is 2. The van der Waals surface area contributed by atoms with Gasteiger partial charge in [-0.25, -0.2) is 4.68 Å². The second-order valence-corrected chi connectivity index (χ2v) is 7.08. The van der Waals surface area contributed by atoms with E-state index in [-0.39, 0.29) is 18.4 Å². The van der Waals surface area contributed by atoms with Crippen LogP contribution in [0.25, 0.3) is 5.69 Å². The molecule has 0 radical (unpaired) electrons. The summed E-state index contributed by atoms with van der Waals surface area (Å²) >= 11 is 5.95. The number of aromatic nitrogens is 2. The van der Waals surface area contributed by atoms with Crippen molar-refractivity contribution in [2.24, 2.45) is 5.73 Å².